The highest BCUT2D eigenvalue weighted by molar-refractivity contribution is 7.90. The van der Waals surface area contributed by atoms with Crippen molar-refractivity contribution in [1.82, 2.24) is 9.88 Å². The standard InChI is InChI=1S/C21H24FN3O4S/c1-30(28,29)18-10-15-6-9-25(20(15)19(22)11-18)13-17-3-2-16(12-23-17)14-4-7-24(8-5-14)21(26)27/h2-3,10-12,14H,4-9,13H2,1H3,(H,26,27). The molecule has 0 radical (unpaired) electrons. The van der Waals surface area contributed by atoms with Gasteiger partial charge in [0.25, 0.3) is 0 Å². The van der Waals surface area contributed by atoms with Crippen LogP contribution in [0.2, 0.25) is 0 Å². The zero-order valence-electron chi connectivity index (χ0n) is 16.7. The molecule has 1 aromatic carbocycles. The molecule has 0 saturated carbocycles. The molecule has 1 saturated heterocycles. The summed E-state index contributed by atoms with van der Waals surface area (Å²) in [6.07, 6.45) is 4.19. The number of rotatable bonds is 4. The number of nitrogens with zero attached hydrogens (tertiary/aromatic N) is 3. The fourth-order valence-corrected chi connectivity index (χ4v) is 4.96. The van der Waals surface area contributed by atoms with Gasteiger partial charge in [-0.25, -0.2) is 17.6 Å². The van der Waals surface area contributed by atoms with Crippen LogP contribution in [0.3, 0.4) is 0 Å². The van der Waals surface area contributed by atoms with E-state index >= 15 is 0 Å². The number of sulfone groups is 1. The number of carbonyl (C=O) groups is 1. The van der Waals surface area contributed by atoms with Crippen LogP contribution in [0.1, 0.15) is 35.6 Å². The highest BCUT2D eigenvalue weighted by atomic mass is 32.2. The van der Waals surface area contributed by atoms with Crippen LogP contribution in [-0.2, 0) is 22.8 Å². The van der Waals surface area contributed by atoms with Gasteiger partial charge < -0.3 is 14.9 Å². The van der Waals surface area contributed by atoms with Crippen molar-refractivity contribution in [2.24, 2.45) is 0 Å². The first-order valence-electron chi connectivity index (χ1n) is 9.92. The minimum atomic E-state index is -3.45. The number of halogens is 1. The molecule has 0 aliphatic carbocycles. The summed E-state index contributed by atoms with van der Waals surface area (Å²) in [5.74, 6) is -0.228. The Morgan fingerprint density at radius 2 is 1.97 bits per heavy atom. The number of amides is 1. The molecule has 0 bridgehead atoms. The van der Waals surface area contributed by atoms with Gasteiger partial charge >= 0.3 is 6.09 Å². The first kappa shape index (κ1) is 20.6. The predicted molar refractivity (Wildman–Crippen MR) is 110 cm³/mol. The van der Waals surface area contributed by atoms with Crippen LogP contribution in [0, 0.1) is 5.82 Å². The van der Waals surface area contributed by atoms with E-state index in [1.807, 2.05) is 23.2 Å². The summed E-state index contributed by atoms with van der Waals surface area (Å²) in [6, 6.07) is 6.60. The van der Waals surface area contributed by atoms with Gasteiger partial charge in [-0.1, -0.05) is 6.07 Å². The lowest BCUT2D eigenvalue weighted by Crippen LogP contribution is -2.36. The van der Waals surface area contributed by atoms with Gasteiger partial charge in [-0.3, -0.25) is 4.98 Å². The maximum atomic E-state index is 14.7. The smallest absolute Gasteiger partial charge is 0.407 e. The quantitative estimate of drug-likeness (QED) is 0.797. The molecule has 1 amide bonds. The average molecular weight is 434 g/mol. The number of anilines is 1. The van der Waals surface area contributed by atoms with Crippen molar-refractivity contribution in [1.29, 1.82) is 0 Å². The molecular weight excluding hydrogens is 409 g/mol. The fraction of sp³-hybridized carbons (Fsp3) is 0.429. The maximum absolute atomic E-state index is 14.7. The van der Waals surface area contributed by atoms with E-state index in [-0.39, 0.29) is 4.90 Å². The van der Waals surface area contributed by atoms with Gasteiger partial charge in [-0.05, 0) is 54.5 Å². The topological polar surface area (TPSA) is 90.8 Å². The number of piperidine rings is 1. The molecular formula is C21H24FN3O4S. The Morgan fingerprint density at radius 3 is 2.57 bits per heavy atom. The van der Waals surface area contributed by atoms with E-state index in [2.05, 4.69) is 4.98 Å². The van der Waals surface area contributed by atoms with Gasteiger partial charge in [0.1, 0.15) is 5.82 Å². The lowest BCUT2D eigenvalue weighted by molar-refractivity contribution is 0.132. The van der Waals surface area contributed by atoms with E-state index in [9.17, 15) is 17.6 Å². The minimum absolute atomic E-state index is 0.0111. The zero-order chi connectivity index (χ0) is 21.5. The molecule has 1 N–H and O–H groups in total. The number of pyridine rings is 1. The summed E-state index contributed by atoms with van der Waals surface area (Å²) in [7, 11) is -3.45. The molecule has 3 heterocycles. The second-order valence-corrected chi connectivity index (χ2v) is 10.00. The Kier molecular flexibility index (Phi) is 5.40. The monoisotopic (exact) mass is 433 g/mol. The lowest BCUT2D eigenvalue weighted by atomic mass is 9.90. The van der Waals surface area contributed by atoms with Crippen molar-refractivity contribution in [2.75, 3.05) is 30.8 Å². The van der Waals surface area contributed by atoms with Crippen LogP contribution in [0.25, 0.3) is 0 Å². The van der Waals surface area contributed by atoms with Crippen molar-refractivity contribution < 1.29 is 22.7 Å². The zero-order valence-corrected chi connectivity index (χ0v) is 17.5. The summed E-state index contributed by atoms with van der Waals surface area (Å²) in [5.41, 5.74) is 3.06. The maximum Gasteiger partial charge on any atom is 0.407 e. The van der Waals surface area contributed by atoms with Crippen LogP contribution in [-0.4, -0.2) is 55.4 Å². The third kappa shape index (κ3) is 4.12. The molecule has 0 unspecified atom stereocenters. The number of hydrogen-bond donors (Lipinski definition) is 1. The number of aromatic nitrogens is 1. The van der Waals surface area contributed by atoms with Crippen molar-refractivity contribution in [3.05, 3.63) is 53.1 Å². The van der Waals surface area contributed by atoms with Gasteiger partial charge in [0.15, 0.2) is 9.84 Å². The highest BCUT2D eigenvalue weighted by Crippen LogP contribution is 2.34. The van der Waals surface area contributed by atoms with Crippen molar-refractivity contribution in [3.63, 3.8) is 0 Å². The third-order valence-corrected chi connectivity index (χ3v) is 7.04. The normalized spacial score (nSPS) is 17.3. The van der Waals surface area contributed by atoms with Crippen LogP contribution >= 0.6 is 0 Å². The van der Waals surface area contributed by atoms with Crippen LogP contribution < -0.4 is 4.90 Å². The molecule has 2 aromatic rings. The molecule has 30 heavy (non-hydrogen) atoms. The predicted octanol–water partition coefficient (Wildman–Crippen LogP) is 3.04. The fourth-order valence-electron chi connectivity index (χ4n) is 4.28. The van der Waals surface area contributed by atoms with Crippen molar-refractivity contribution >= 4 is 21.6 Å². The summed E-state index contributed by atoms with van der Waals surface area (Å²) in [4.78, 5) is 18.9. The summed E-state index contributed by atoms with van der Waals surface area (Å²) < 4.78 is 38.2. The van der Waals surface area contributed by atoms with Crippen LogP contribution in [0.15, 0.2) is 35.4 Å². The molecule has 1 fully saturated rings. The van der Waals surface area contributed by atoms with E-state index in [1.54, 1.807) is 6.07 Å². The largest absolute Gasteiger partial charge is 0.465 e. The van der Waals surface area contributed by atoms with E-state index < -0.39 is 21.7 Å². The first-order valence-corrected chi connectivity index (χ1v) is 11.8. The average Bonchev–Trinajstić information content (AvgIpc) is 3.11. The molecule has 0 spiro atoms. The summed E-state index contributed by atoms with van der Waals surface area (Å²) in [6.45, 7) is 2.11. The van der Waals surface area contributed by atoms with E-state index in [4.69, 9.17) is 5.11 Å². The molecule has 2 aliphatic rings. The van der Waals surface area contributed by atoms with Gasteiger partial charge in [-0.2, -0.15) is 0 Å². The Labute approximate surface area is 175 Å². The van der Waals surface area contributed by atoms with E-state index in [0.29, 0.717) is 49.8 Å². The van der Waals surface area contributed by atoms with Crippen molar-refractivity contribution in [3.8, 4) is 0 Å². The molecule has 1 aromatic heterocycles. The Balaban J connectivity index is 1.45. The molecule has 4 rings (SSSR count). The van der Waals surface area contributed by atoms with Crippen LogP contribution in [0.5, 0.6) is 0 Å². The molecule has 160 valence electrons. The number of fused-ring (bicyclic) bond motifs is 1. The Hall–Kier alpha value is -2.68. The first-order chi connectivity index (χ1) is 14.2. The summed E-state index contributed by atoms with van der Waals surface area (Å²) in [5, 5.41) is 9.06. The number of likely N-dealkylation sites (tertiary alicyclic amines) is 1. The molecule has 9 heteroatoms. The van der Waals surface area contributed by atoms with Gasteiger partial charge in [-0.15, -0.1) is 0 Å². The Morgan fingerprint density at radius 1 is 1.23 bits per heavy atom. The van der Waals surface area contributed by atoms with Gasteiger partial charge in [0.05, 0.1) is 22.8 Å². The highest BCUT2D eigenvalue weighted by Gasteiger charge is 2.27. The van der Waals surface area contributed by atoms with E-state index in [1.165, 1.54) is 4.90 Å². The molecule has 0 atom stereocenters. The molecule has 7 nitrogen and oxygen atoms in total. The summed E-state index contributed by atoms with van der Waals surface area (Å²) >= 11 is 0. The number of hydrogen-bond acceptors (Lipinski definition) is 5. The van der Waals surface area contributed by atoms with Gasteiger partial charge in [0, 0.05) is 32.1 Å². The van der Waals surface area contributed by atoms with E-state index in [0.717, 1.165) is 36.4 Å². The second kappa shape index (κ2) is 7.86. The Bertz CT molecular complexity index is 1060. The second-order valence-electron chi connectivity index (χ2n) is 7.98. The molecule has 2 aliphatic heterocycles. The van der Waals surface area contributed by atoms with Gasteiger partial charge in [0.2, 0.25) is 0 Å². The van der Waals surface area contributed by atoms with Crippen LogP contribution in [0.4, 0.5) is 14.9 Å². The minimum Gasteiger partial charge on any atom is -0.465 e. The van der Waals surface area contributed by atoms with Crippen molar-refractivity contribution in [2.45, 2.75) is 36.6 Å². The lowest BCUT2D eigenvalue weighted by Gasteiger charge is -2.30. The number of benzene rings is 1. The number of carboxylic acid groups (broad SMARTS) is 1. The third-order valence-electron chi connectivity index (χ3n) is 5.95. The SMILES string of the molecule is CS(=O)(=O)c1cc(F)c2c(c1)CCN2Cc1ccc(C2CCN(C(=O)O)CC2)cn1.